The van der Waals surface area contributed by atoms with Crippen LogP contribution in [0.4, 0.5) is 17.3 Å². The Morgan fingerprint density at radius 1 is 1.12 bits per heavy atom. The molecule has 0 unspecified atom stereocenters. The lowest BCUT2D eigenvalue weighted by atomic mass is 10.1. The van der Waals surface area contributed by atoms with Crippen molar-refractivity contribution < 1.29 is 9.53 Å². The van der Waals surface area contributed by atoms with Crippen molar-refractivity contribution in [1.82, 2.24) is 24.7 Å². The zero-order valence-corrected chi connectivity index (χ0v) is 24.5. The summed E-state index contributed by atoms with van der Waals surface area (Å²) in [5.41, 5.74) is 4.99. The summed E-state index contributed by atoms with van der Waals surface area (Å²) >= 11 is 0. The van der Waals surface area contributed by atoms with Crippen LogP contribution in [-0.2, 0) is 11.3 Å². The van der Waals surface area contributed by atoms with Gasteiger partial charge in [-0.15, -0.1) is 0 Å². The van der Waals surface area contributed by atoms with E-state index in [4.69, 9.17) is 9.72 Å². The van der Waals surface area contributed by atoms with Gasteiger partial charge in [0, 0.05) is 68.9 Å². The molecule has 2 aromatic carbocycles. The fourth-order valence-corrected chi connectivity index (χ4v) is 5.31. The highest BCUT2D eigenvalue weighted by Gasteiger charge is 2.17. The number of likely N-dealkylation sites (N-methyl/N-ethyl adjacent to an activating group) is 1. The molecule has 0 saturated carbocycles. The van der Waals surface area contributed by atoms with E-state index >= 15 is 0 Å². The summed E-state index contributed by atoms with van der Waals surface area (Å²) in [7, 11) is 2.13. The maximum atomic E-state index is 12.0. The topological polar surface area (TPSA) is 85.9 Å². The van der Waals surface area contributed by atoms with E-state index in [1.54, 1.807) is 6.20 Å². The normalized spacial score (nSPS) is 17.5. The maximum Gasteiger partial charge on any atom is 0.245 e. The van der Waals surface area contributed by atoms with Crippen LogP contribution < -0.4 is 15.4 Å². The molecular formula is C33H41N7O2. The van der Waals surface area contributed by atoms with Crippen LogP contribution >= 0.6 is 0 Å². The lowest BCUT2D eigenvalue weighted by molar-refractivity contribution is -0.125. The minimum Gasteiger partial charge on any atom is -0.493 e. The van der Waals surface area contributed by atoms with Crippen LogP contribution in [0.3, 0.4) is 0 Å². The van der Waals surface area contributed by atoms with Gasteiger partial charge < -0.3 is 20.3 Å². The second kappa shape index (κ2) is 14.6. The van der Waals surface area contributed by atoms with E-state index in [1.807, 2.05) is 35.2 Å². The van der Waals surface area contributed by atoms with Crippen molar-refractivity contribution in [2.75, 3.05) is 70.1 Å². The van der Waals surface area contributed by atoms with Gasteiger partial charge in [0.05, 0.1) is 12.3 Å². The monoisotopic (exact) mass is 567 g/mol. The molecule has 3 aromatic rings. The van der Waals surface area contributed by atoms with Gasteiger partial charge in [-0.3, -0.25) is 14.6 Å². The number of hydrogen-bond acceptors (Lipinski definition) is 8. The fourth-order valence-electron chi connectivity index (χ4n) is 5.31. The molecule has 9 nitrogen and oxygen atoms in total. The van der Waals surface area contributed by atoms with Crippen molar-refractivity contribution in [2.45, 2.75) is 19.4 Å². The van der Waals surface area contributed by atoms with Crippen molar-refractivity contribution in [2.24, 2.45) is 0 Å². The van der Waals surface area contributed by atoms with Gasteiger partial charge in [-0.2, -0.15) is 0 Å². The molecule has 5 rings (SSSR count). The first-order chi connectivity index (χ1) is 20.6. The van der Waals surface area contributed by atoms with E-state index in [2.05, 4.69) is 69.4 Å². The van der Waals surface area contributed by atoms with E-state index in [1.165, 1.54) is 11.6 Å². The Hall–Kier alpha value is -4.21. The average Bonchev–Trinajstić information content (AvgIpc) is 3.24. The standard InChI is InChI=1S/C33H41N7O2/c1-3-32(41)40-16-8-15-39(18-19-40)17-13-34-28-21-26-22-29(24-28)36-33-35-12-11-31(37-33)27-9-7-10-30(23-27)42-20-6-4-5-14-38(2)25-26/h3-5,7,9-12,21-24,34H,1,6,8,13-20,25H2,2H3,(H,35,36,37)/b5-4+. The van der Waals surface area contributed by atoms with Gasteiger partial charge in [0.15, 0.2) is 0 Å². The molecule has 1 fully saturated rings. The predicted molar refractivity (Wildman–Crippen MR) is 169 cm³/mol. The third kappa shape index (κ3) is 8.41. The quantitative estimate of drug-likeness (QED) is 0.336. The molecule has 1 amide bonds. The molecule has 2 aliphatic heterocycles. The van der Waals surface area contributed by atoms with Crippen LogP contribution in [0.15, 0.2) is 79.5 Å². The SMILES string of the molecule is C=CC(=O)N1CCCN(CCNc2cc3cc(c2)Nc2nccc(n2)-c2cccc(c2)OCC/C=C/CN(C)C3)CC1. The van der Waals surface area contributed by atoms with Gasteiger partial charge in [-0.1, -0.05) is 30.9 Å². The summed E-state index contributed by atoms with van der Waals surface area (Å²) in [5.74, 6) is 1.40. The Morgan fingerprint density at radius 3 is 2.95 bits per heavy atom. The van der Waals surface area contributed by atoms with Gasteiger partial charge in [-0.25, -0.2) is 9.97 Å². The van der Waals surface area contributed by atoms with Crippen LogP contribution in [0, 0.1) is 0 Å². The average molecular weight is 568 g/mol. The number of nitrogens with one attached hydrogen (secondary N) is 2. The zero-order valence-electron chi connectivity index (χ0n) is 24.5. The number of nitrogens with zero attached hydrogens (tertiary/aromatic N) is 5. The molecule has 0 radical (unpaired) electrons. The molecule has 0 atom stereocenters. The molecular weight excluding hydrogens is 526 g/mol. The van der Waals surface area contributed by atoms with Crippen LogP contribution in [0.25, 0.3) is 11.3 Å². The molecule has 1 aromatic heterocycles. The van der Waals surface area contributed by atoms with E-state index in [0.29, 0.717) is 12.6 Å². The summed E-state index contributed by atoms with van der Waals surface area (Å²) in [4.78, 5) is 27.9. The summed E-state index contributed by atoms with van der Waals surface area (Å²) in [6, 6.07) is 16.4. The highest BCUT2D eigenvalue weighted by molar-refractivity contribution is 5.87. The van der Waals surface area contributed by atoms with Gasteiger partial charge in [0.1, 0.15) is 5.75 Å². The smallest absolute Gasteiger partial charge is 0.245 e. The van der Waals surface area contributed by atoms with E-state index in [9.17, 15) is 4.79 Å². The number of benzene rings is 2. The van der Waals surface area contributed by atoms with Crippen molar-refractivity contribution in [3.8, 4) is 17.0 Å². The largest absolute Gasteiger partial charge is 0.493 e. The van der Waals surface area contributed by atoms with Crippen LogP contribution in [-0.4, -0.2) is 90.0 Å². The second-order valence-electron chi connectivity index (χ2n) is 10.8. The third-order valence-corrected chi connectivity index (χ3v) is 7.46. The summed E-state index contributed by atoms with van der Waals surface area (Å²) in [5, 5.41) is 7.07. The lowest BCUT2D eigenvalue weighted by Gasteiger charge is -2.22. The van der Waals surface area contributed by atoms with Gasteiger partial charge in [-0.05, 0) is 74.5 Å². The van der Waals surface area contributed by atoms with Crippen LogP contribution in [0.2, 0.25) is 0 Å². The molecule has 2 aliphatic rings. The molecule has 1 saturated heterocycles. The number of carbonyl (C=O) groups excluding carboxylic acids is 1. The van der Waals surface area contributed by atoms with E-state index in [-0.39, 0.29) is 5.91 Å². The van der Waals surface area contributed by atoms with Gasteiger partial charge in [0.25, 0.3) is 0 Å². The Bertz CT molecular complexity index is 1390. The fraction of sp³-hybridized carbons (Fsp3) is 0.364. The molecule has 0 spiro atoms. The number of amides is 1. The molecule has 42 heavy (non-hydrogen) atoms. The molecule has 6 bridgehead atoms. The number of anilines is 3. The molecule has 9 heteroatoms. The highest BCUT2D eigenvalue weighted by Crippen LogP contribution is 2.26. The zero-order chi connectivity index (χ0) is 29.1. The Morgan fingerprint density at radius 2 is 2.05 bits per heavy atom. The number of fused-ring (bicyclic) bond motifs is 7. The number of rotatable bonds is 5. The minimum absolute atomic E-state index is 0.0209. The molecule has 0 aliphatic carbocycles. The van der Waals surface area contributed by atoms with Crippen molar-refractivity contribution >= 4 is 23.2 Å². The minimum atomic E-state index is 0.0209. The van der Waals surface area contributed by atoms with Crippen molar-refractivity contribution in [3.05, 3.63) is 85.1 Å². The highest BCUT2D eigenvalue weighted by atomic mass is 16.5. The Balaban J connectivity index is 1.32. The summed E-state index contributed by atoms with van der Waals surface area (Å²) in [6.07, 6.45) is 9.40. The Kier molecular flexibility index (Phi) is 10.2. The first kappa shape index (κ1) is 29.3. The van der Waals surface area contributed by atoms with Crippen LogP contribution in [0.1, 0.15) is 18.4 Å². The molecule has 2 N–H and O–H groups in total. The summed E-state index contributed by atoms with van der Waals surface area (Å²) < 4.78 is 5.98. The van der Waals surface area contributed by atoms with Crippen molar-refractivity contribution in [1.29, 1.82) is 0 Å². The number of hydrogen-bond donors (Lipinski definition) is 2. The second-order valence-corrected chi connectivity index (χ2v) is 10.8. The predicted octanol–water partition coefficient (Wildman–Crippen LogP) is 4.79. The first-order valence-electron chi connectivity index (χ1n) is 14.7. The lowest BCUT2D eigenvalue weighted by Crippen LogP contribution is -2.35. The van der Waals surface area contributed by atoms with Gasteiger partial charge >= 0.3 is 0 Å². The van der Waals surface area contributed by atoms with Crippen LogP contribution in [0.5, 0.6) is 5.75 Å². The first-order valence-corrected chi connectivity index (χ1v) is 14.7. The number of ether oxygens (including phenoxy) is 1. The number of carbonyl (C=O) groups is 1. The van der Waals surface area contributed by atoms with Crippen molar-refractivity contribution in [3.63, 3.8) is 0 Å². The third-order valence-electron chi connectivity index (χ3n) is 7.46. The van der Waals surface area contributed by atoms with E-state index in [0.717, 1.165) is 93.6 Å². The molecule has 220 valence electrons. The van der Waals surface area contributed by atoms with E-state index < -0.39 is 0 Å². The maximum absolute atomic E-state index is 12.0. The molecule has 3 heterocycles. The summed E-state index contributed by atoms with van der Waals surface area (Å²) in [6.45, 7) is 11.0. The van der Waals surface area contributed by atoms with Gasteiger partial charge in [0.2, 0.25) is 11.9 Å². The Labute approximate surface area is 248 Å². The number of aromatic nitrogens is 2.